The van der Waals surface area contributed by atoms with Gasteiger partial charge in [-0.05, 0) is 61.1 Å². The summed E-state index contributed by atoms with van der Waals surface area (Å²) < 4.78 is 21.3. The van der Waals surface area contributed by atoms with Gasteiger partial charge in [0.1, 0.15) is 11.6 Å². The van der Waals surface area contributed by atoms with E-state index in [9.17, 15) is 4.57 Å². The Kier molecular flexibility index (Phi) is 7.87. The molecule has 1 unspecified atom stereocenters. The van der Waals surface area contributed by atoms with E-state index in [-0.39, 0.29) is 6.61 Å². The summed E-state index contributed by atoms with van der Waals surface area (Å²) in [7, 11) is -4.61. The average Bonchev–Trinajstić information content (AvgIpc) is 3.27. The monoisotopic (exact) mass is 459 g/mol. The molecule has 0 saturated carbocycles. The number of nitrogens with two attached hydrogens (primary N) is 1. The fraction of sp³-hybridized carbons (Fsp3) is 0.348. The molecule has 3 aromatic rings. The van der Waals surface area contributed by atoms with Gasteiger partial charge in [0.05, 0.1) is 30.6 Å². The summed E-state index contributed by atoms with van der Waals surface area (Å²) in [5.74, 6) is 1.66. The number of nitrogens with one attached hydrogen (secondary N) is 1. The Labute approximate surface area is 188 Å². The van der Waals surface area contributed by atoms with Crippen molar-refractivity contribution in [2.24, 2.45) is 5.73 Å². The van der Waals surface area contributed by atoms with Crippen LogP contribution in [0.4, 0.5) is 0 Å². The summed E-state index contributed by atoms with van der Waals surface area (Å²) in [4.78, 5) is 25.1. The Hall–Kier alpha value is -2.48. The van der Waals surface area contributed by atoms with Gasteiger partial charge < -0.3 is 25.2 Å². The maximum Gasteiger partial charge on any atom is 0.469 e. The van der Waals surface area contributed by atoms with Gasteiger partial charge in [0.2, 0.25) is 0 Å². The second-order valence-corrected chi connectivity index (χ2v) is 9.39. The summed E-state index contributed by atoms with van der Waals surface area (Å²) >= 11 is 0. The largest absolute Gasteiger partial charge is 0.494 e. The number of H-pyrrole nitrogens is 1. The molecule has 0 amide bonds. The van der Waals surface area contributed by atoms with Crippen molar-refractivity contribution in [1.29, 1.82) is 0 Å². The van der Waals surface area contributed by atoms with E-state index in [2.05, 4.69) is 45.7 Å². The summed E-state index contributed by atoms with van der Waals surface area (Å²) in [6, 6.07) is 18.1. The number of ether oxygens (including phenoxy) is 1. The highest BCUT2D eigenvalue weighted by atomic mass is 31.2. The minimum Gasteiger partial charge on any atom is -0.494 e. The molecular formula is C23H30N3O5P. The number of aromatic nitrogens is 2. The standard InChI is InChI=1S/C23H30N3O5P/c1-17(18-8-4-3-5-9-18)7-6-14-30-20-12-10-19(11-13-20)21-15-25-22(26-21)23(2,24)16-31-32(27,28)29/h3-5,8-13,15,17H,6-7,14,16,24H2,1-2H3,(H,25,26)(H2,27,28,29)/t17?,23-/m0/s1. The molecule has 172 valence electrons. The van der Waals surface area contributed by atoms with E-state index in [0.29, 0.717) is 18.3 Å². The van der Waals surface area contributed by atoms with Gasteiger partial charge in [0, 0.05) is 0 Å². The van der Waals surface area contributed by atoms with Crippen molar-refractivity contribution in [1.82, 2.24) is 9.97 Å². The van der Waals surface area contributed by atoms with Crippen molar-refractivity contribution < 1.29 is 23.6 Å². The molecule has 1 aromatic heterocycles. The van der Waals surface area contributed by atoms with Crippen LogP contribution in [0.25, 0.3) is 11.3 Å². The zero-order chi connectivity index (χ0) is 23.2. The Bertz CT molecular complexity index is 1030. The normalized spacial score (nSPS) is 14.7. The van der Waals surface area contributed by atoms with Crippen LogP contribution in [0, 0.1) is 0 Å². The first kappa shape index (κ1) is 24.2. The van der Waals surface area contributed by atoms with Crippen LogP contribution in [0.1, 0.15) is 44.0 Å². The molecule has 0 aliphatic heterocycles. The average molecular weight is 459 g/mol. The van der Waals surface area contributed by atoms with Crippen molar-refractivity contribution in [3.05, 3.63) is 72.2 Å². The predicted octanol–water partition coefficient (Wildman–Crippen LogP) is 4.32. The fourth-order valence-corrected chi connectivity index (χ4v) is 3.74. The highest BCUT2D eigenvalue weighted by Crippen LogP contribution is 2.37. The third kappa shape index (κ3) is 7.02. The first-order valence-corrected chi connectivity index (χ1v) is 12.0. The van der Waals surface area contributed by atoms with Crippen LogP contribution < -0.4 is 10.5 Å². The number of hydrogen-bond acceptors (Lipinski definition) is 5. The Morgan fingerprint density at radius 1 is 1.16 bits per heavy atom. The molecule has 0 spiro atoms. The van der Waals surface area contributed by atoms with Crippen LogP contribution in [0.2, 0.25) is 0 Å². The predicted molar refractivity (Wildman–Crippen MR) is 123 cm³/mol. The van der Waals surface area contributed by atoms with Gasteiger partial charge in [-0.2, -0.15) is 0 Å². The van der Waals surface area contributed by atoms with Gasteiger partial charge in [-0.15, -0.1) is 0 Å². The number of imidazole rings is 1. The Morgan fingerprint density at radius 3 is 2.50 bits per heavy atom. The summed E-state index contributed by atoms with van der Waals surface area (Å²) in [5.41, 5.74) is 7.89. The molecular weight excluding hydrogens is 429 g/mol. The molecule has 0 radical (unpaired) electrons. The van der Waals surface area contributed by atoms with Crippen molar-refractivity contribution in [2.75, 3.05) is 13.2 Å². The lowest BCUT2D eigenvalue weighted by atomic mass is 9.97. The maximum atomic E-state index is 10.9. The Morgan fingerprint density at radius 2 is 1.84 bits per heavy atom. The first-order chi connectivity index (χ1) is 15.1. The van der Waals surface area contributed by atoms with E-state index in [4.69, 9.17) is 20.3 Å². The number of phosphoric ester groups is 1. The third-order valence-electron chi connectivity index (χ3n) is 5.23. The highest BCUT2D eigenvalue weighted by Gasteiger charge is 2.29. The molecule has 5 N–H and O–H groups in total. The number of phosphoric acid groups is 1. The number of aromatic amines is 1. The summed E-state index contributed by atoms with van der Waals surface area (Å²) in [5, 5.41) is 0. The van der Waals surface area contributed by atoms with Gasteiger partial charge in [0.25, 0.3) is 0 Å². The molecule has 0 aliphatic rings. The number of hydrogen-bond donors (Lipinski definition) is 4. The van der Waals surface area contributed by atoms with Crippen LogP contribution in [-0.4, -0.2) is 33.0 Å². The van der Waals surface area contributed by atoms with Gasteiger partial charge in [-0.1, -0.05) is 37.3 Å². The molecule has 32 heavy (non-hydrogen) atoms. The molecule has 0 aliphatic carbocycles. The van der Waals surface area contributed by atoms with Gasteiger partial charge >= 0.3 is 7.82 Å². The number of benzene rings is 2. The van der Waals surface area contributed by atoms with E-state index in [1.807, 2.05) is 30.3 Å². The first-order valence-electron chi connectivity index (χ1n) is 10.5. The molecule has 2 atom stereocenters. The number of nitrogens with zero attached hydrogens (tertiary/aromatic N) is 1. The topological polar surface area (TPSA) is 131 Å². The van der Waals surface area contributed by atoms with Crippen LogP contribution >= 0.6 is 7.82 Å². The molecule has 0 fully saturated rings. The maximum absolute atomic E-state index is 10.9. The minimum absolute atomic E-state index is 0.369. The molecule has 1 heterocycles. The van der Waals surface area contributed by atoms with Gasteiger partial charge in [-0.3, -0.25) is 4.52 Å². The SMILES string of the molecule is CC(CCCOc1ccc(-c2cnc([C@@](C)(N)COP(=O)(O)O)[nH]2)cc1)c1ccccc1. The van der Waals surface area contributed by atoms with Crippen LogP contribution in [0.5, 0.6) is 5.75 Å². The number of rotatable bonds is 11. The van der Waals surface area contributed by atoms with E-state index in [1.54, 1.807) is 13.1 Å². The molecule has 0 bridgehead atoms. The zero-order valence-electron chi connectivity index (χ0n) is 18.3. The second-order valence-electron chi connectivity index (χ2n) is 8.15. The van der Waals surface area contributed by atoms with Crippen LogP contribution in [0.3, 0.4) is 0 Å². The van der Waals surface area contributed by atoms with Crippen molar-refractivity contribution in [3.63, 3.8) is 0 Å². The van der Waals surface area contributed by atoms with E-state index >= 15 is 0 Å². The molecule has 9 heteroatoms. The quantitative estimate of drug-likeness (QED) is 0.248. The smallest absolute Gasteiger partial charge is 0.469 e. The molecule has 0 saturated heterocycles. The molecule has 3 rings (SSSR count). The third-order valence-corrected chi connectivity index (χ3v) is 5.70. The van der Waals surface area contributed by atoms with E-state index in [0.717, 1.165) is 29.8 Å². The summed E-state index contributed by atoms with van der Waals surface area (Å²) in [6.07, 6.45) is 3.65. The fourth-order valence-electron chi connectivity index (χ4n) is 3.30. The van der Waals surface area contributed by atoms with Crippen LogP contribution in [0.15, 0.2) is 60.8 Å². The Balaban J connectivity index is 1.51. The van der Waals surface area contributed by atoms with Crippen molar-refractivity contribution in [3.8, 4) is 17.0 Å². The second kappa shape index (κ2) is 10.4. The zero-order valence-corrected chi connectivity index (χ0v) is 19.2. The molecule has 8 nitrogen and oxygen atoms in total. The van der Waals surface area contributed by atoms with Crippen molar-refractivity contribution >= 4 is 7.82 Å². The van der Waals surface area contributed by atoms with E-state index < -0.39 is 13.4 Å². The summed E-state index contributed by atoms with van der Waals surface area (Å²) in [6.45, 7) is 4.09. The minimum atomic E-state index is -4.61. The lowest BCUT2D eigenvalue weighted by Crippen LogP contribution is -2.39. The van der Waals surface area contributed by atoms with E-state index in [1.165, 1.54) is 5.56 Å². The lowest BCUT2D eigenvalue weighted by Gasteiger charge is -2.22. The van der Waals surface area contributed by atoms with Gasteiger partial charge in [0.15, 0.2) is 0 Å². The van der Waals surface area contributed by atoms with Gasteiger partial charge in [-0.25, -0.2) is 9.55 Å². The lowest BCUT2D eigenvalue weighted by molar-refractivity contribution is 0.155. The highest BCUT2D eigenvalue weighted by molar-refractivity contribution is 7.46. The molecule has 2 aromatic carbocycles. The van der Waals surface area contributed by atoms with Crippen molar-refractivity contribution in [2.45, 2.75) is 38.1 Å². The van der Waals surface area contributed by atoms with Crippen LogP contribution in [-0.2, 0) is 14.6 Å².